The van der Waals surface area contributed by atoms with Crippen LogP contribution in [0.5, 0.6) is 5.75 Å². The molecule has 2 amide bonds. The number of nitrogens with one attached hydrogen (secondary N) is 2. The normalized spacial score (nSPS) is 11.4. The van der Waals surface area contributed by atoms with Gasteiger partial charge in [-0.05, 0) is 56.2 Å². The number of carbonyl (C=O) groups excluding carboxylic acids is 2. The number of nitrogens with zero attached hydrogens (tertiary/aromatic N) is 1. The van der Waals surface area contributed by atoms with E-state index >= 15 is 0 Å². The number of amides is 2. The topological polar surface area (TPSA) is 80.3 Å². The smallest absolute Gasteiger partial charge is 0.265 e. The van der Waals surface area contributed by atoms with Crippen LogP contribution >= 0.6 is 0 Å². The quantitative estimate of drug-likeness (QED) is 0.624. The zero-order chi connectivity index (χ0) is 21.5. The molecule has 0 aliphatic carbocycles. The zero-order valence-electron chi connectivity index (χ0n) is 17.3. The minimum absolute atomic E-state index is 0.280. The molecule has 6 heteroatoms. The van der Waals surface area contributed by atoms with E-state index in [1.807, 2.05) is 44.2 Å². The second-order valence-electron chi connectivity index (χ2n) is 7.11. The van der Waals surface area contributed by atoms with Gasteiger partial charge < -0.3 is 15.4 Å². The first kappa shape index (κ1) is 21.0. The molecule has 0 fully saturated rings. The summed E-state index contributed by atoms with van der Waals surface area (Å²) in [4.78, 5) is 29.4. The average Bonchev–Trinajstić information content (AvgIpc) is 2.75. The maximum atomic E-state index is 12.7. The minimum Gasteiger partial charge on any atom is -0.481 e. The maximum Gasteiger partial charge on any atom is 0.265 e. The van der Waals surface area contributed by atoms with Crippen LogP contribution in [0.2, 0.25) is 0 Å². The van der Waals surface area contributed by atoms with E-state index < -0.39 is 6.10 Å². The number of aromatic nitrogens is 1. The third-order valence-corrected chi connectivity index (χ3v) is 4.61. The number of benzene rings is 2. The number of ether oxygens (including phenoxy) is 1. The van der Waals surface area contributed by atoms with Gasteiger partial charge >= 0.3 is 0 Å². The Kier molecular flexibility index (Phi) is 6.80. The highest BCUT2D eigenvalue weighted by Crippen LogP contribution is 2.21. The molecule has 1 unspecified atom stereocenters. The Balaban J connectivity index is 1.66. The van der Waals surface area contributed by atoms with Crippen molar-refractivity contribution < 1.29 is 14.3 Å². The molecule has 0 bridgehead atoms. The summed E-state index contributed by atoms with van der Waals surface area (Å²) in [7, 11) is 0. The van der Waals surface area contributed by atoms with Crippen LogP contribution < -0.4 is 15.4 Å². The number of para-hydroxylation sites is 1. The Hall–Kier alpha value is -3.67. The van der Waals surface area contributed by atoms with Gasteiger partial charge in [0.2, 0.25) is 0 Å². The van der Waals surface area contributed by atoms with Crippen molar-refractivity contribution in [3.05, 3.63) is 89.2 Å². The van der Waals surface area contributed by atoms with E-state index in [9.17, 15) is 9.59 Å². The molecule has 3 rings (SSSR count). The van der Waals surface area contributed by atoms with E-state index in [0.717, 1.165) is 16.7 Å². The molecule has 6 nitrogen and oxygen atoms in total. The summed E-state index contributed by atoms with van der Waals surface area (Å²) < 4.78 is 5.82. The third-order valence-electron chi connectivity index (χ3n) is 4.61. The maximum absolute atomic E-state index is 12.7. The van der Waals surface area contributed by atoms with Crippen LogP contribution in [0.15, 0.2) is 67.0 Å². The fourth-order valence-corrected chi connectivity index (χ4v) is 2.98. The number of rotatable bonds is 7. The molecule has 0 aliphatic rings. The van der Waals surface area contributed by atoms with Crippen molar-refractivity contribution in [2.45, 2.75) is 33.4 Å². The summed E-state index contributed by atoms with van der Waals surface area (Å²) in [6.45, 7) is 5.97. The Morgan fingerprint density at radius 3 is 2.60 bits per heavy atom. The van der Waals surface area contributed by atoms with E-state index in [4.69, 9.17) is 4.74 Å². The molecule has 0 aliphatic heterocycles. The number of hydrogen-bond acceptors (Lipinski definition) is 4. The van der Waals surface area contributed by atoms with Gasteiger partial charge in [-0.1, -0.05) is 35.9 Å². The van der Waals surface area contributed by atoms with E-state index in [2.05, 4.69) is 15.6 Å². The van der Waals surface area contributed by atoms with E-state index in [0.29, 0.717) is 23.5 Å². The second kappa shape index (κ2) is 9.69. The van der Waals surface area contributed by atoms with E-state index in [1.54, 1.807) is 43.6 Å². The fraction of sp³-hybridized carbons (Fsp3) is 0.208. The summed E-state index contributed by atoms with van der Waals surface area (Å²) in [6.07, 6.45) is 2.65. The van der Waals surface area contributed by atoms with Gasteiger partial charge in [-0.3, -0.25) is 14.6 Å². The lowest BCUT2D eigenvalue weighted by molar-refractivity contribution is -0.122. The molecule has 154 valence electrons. The standard InChI is InChI=1S/C24H25N3O3/c1-16-10-11-22(17(2)13-16)30-18(3)23(28)27-21-9-5-4-8-20(21)24(29)26-15-19-7-6-12-25-14-19/h4-14,18H,15H2,1-3H3,(H,26,29)(H,27,28). The van der Waals surface area contributed by atoms with Crippen LogP contribution in [0.1, 0.15) is 34.0 Å². The first-order chi connectivity index (χ1) is 14.4. The fourth-order valence-electron chi connectivity index (χ4n) is 2.98. The Bertz CT molecular complexity index is 1030. The van der Waals surface area contributed by atoms with Crippen LogP contribution in [0.4, 0.5) is 5.69 Å². The SMILES string of the molecule is Cc1ccc(OC(C)C(=O)Nc2ccccc2C(=O)NCc2cccnc2)c(C)c1. The summed E-state index contributed by atoms with van der Waals surface area (Å²) >= 11 is 0. The highest BCUT2D eigenvalue weighted by molar-refractivity contribution is 6.04. The summed E-state index contributed by atoms with van der Waals surface area (Å²) in [6, 6.07) is 16.4. The van der Waals surface area contributed by atoms with Crippen molar-refractivity contribution >= 4 is 17.5 Å². The Morgan fingerprint density at radius 2 is 1.87 bits per heavy atom. The summed E-state index contributed by atoms with van der Waals surface area (Å²) in [5.41, 5.74) is 3.80. The van der Waals surface area contributed by atoms with Gasteiger partial charge in [0.1, 0.15) is 5.75 Å². The minimum atomic E-state index is -0.724. The van der Waals surface area contributed by atoms with Crippen LogP contribution in [0.25, 0.3) is 0 Å². The molecule has 0 saturated heterocycles. The average molecular weight is 403 g/mol. The highest BCUT2D eigenvalue weighted by atomic mass is 16.5. The van der Waals surface area contributed by atoms with Crippen LogP contribution in [0, 0.1) is 13.8 Å². The molecular formula is C24H25N3O3. The monoisotopic (exact) mass is 403 g/mol. The number of pyridine rings is 1. The molecule has 2 aromatic carbocycles. The summed E-state index contributed by atoms with van der Waals surface area (Å²) in [5, 5.41) is 5.65. The molecule has 30 heavy (non-hydrogen) atoms. The molecule has 2 N–H and O–H groups in total. The van der Waals surface area contributed by atoms with E-state index in [1.165, 1.54) is 0 Å². The van der Waals surface area contributed by atoms with Crippen molar-refractivity contribution in [3.8, 4) is 5.75 Å². The first-order valence-electron chi connectivity index (χ1n) is 9.75. The molecule has 0 radical (unpaired) electrons. The van der Waals surface area contributed by atoms with Crippen molar-refractivity contribution in [1.29, 1.82) is 0 Å². The number of aryl methyl sites for hydroxylation is 2. The Labute approximate surface area is 176 Å². The number of hydrogen-bond donors (Lipinski definition) is 2. The van der Waals surface area contributed by atoms with Gasteiger partial charge in [0.15, 0.2) is 6.10 Å². The van der Waals surface area contributed by atoms with Gasteiger partial charge in [-0.25, -0.2) is 0 Å². The van der Waals surface area contributed by atoms with Crippen molar-refractivity contribution in [2.24, 2.45) is 0 Å². The van der Waals surface area contributed by atoms with Crippen molar-refractivity contribution in [1.82, 2.24) is 10.3 Å². The lowest BCUT2D eigenvalue weighted by Gasteiger charge is -2.18. The lowest BCUT2D eigenvalue weighted by Crippen LogP contribution is -2.32. The third kappa shape index (κ3) is 5.44. The zero-order valence-corrected chi connectivity index (χ0v) is 17.3. The van der Waals surface area contributed by atoms with Crippen molar-refractivity contribution in [3.63, 3.8) is 0 Å². The Morgan fingerprint density at radius 1 is 1.07 bits per heavy atom. The molecule has 0 saturated carbocycles. The predicted octanol–water partition coefficient (Wildman–Crippen LogP) is 4.03. The number of carbonyl (C=O) groups is 2. The van der Waals surface area contributed by atoms with Crippen molar-refractivity contribution in [2.75, 3.05) is 5.32 Å². The first-order valence-corrected chi connectivity index (χ1v) is 9.75. The number of anilines is 1. The lowest BCUT2D eigenvalue weighted by atomic mass is 10.1. The second-order valence-corrected chi connectivity index (χ2v) is 7.11. The summed E-state index contributed by atoms with van der Waals surface area (Å²) in [5.74, 6) is 0.0472. The predicted molar refractivity (Wildman–Crippen MR) is 116 cm³/mol. The van der Waals surface area contributed by atoms with Gasteiger partial charge in [-0.2, -0.15) is 0 Å². The van der Waals surface area contributed by atoms with E-state index in [-0.39, 0.29) is 11.8 Å². The van der Waals surface area contributed by atoms with Crippen LogP contribution in [-0.4, -0.2) is 22.9 Å². The largest absolute Gasteiger partial charge is 0.481 e. The molecule has 0 spiro atoms. The van der Waals surface area contributed by atoms with Gasteiger partial charge in [0.05, 0.1) is 11.3 Å². The molecule has 1 aromatic heterocycles. The van der Waals surface area contributed by atoms with Gasteiger partial charge in [0.25, 0.3) is 11.8 Å². The van der Waals surface area contributed by atoms with Crippen LogP contribution in [-0.2, 0) is 11.3 Å². The molecule has 1 heterocycles. The highest BCUT2D eigenvalue weighted by Gasteiger charge is 2.19. The molecular weight excluding hydrogens is 378 g/mol. The van der Waals surface area contributed by atoms with Gasteiger partial charge in [-0.15, -0.1) is 0 Å². The molecule has 3 aromatic rings. The van der Waals surface area contributed by atoms with Crippen LogP contribution in [0.3, 0.4) is 0 Å². The van der Waals surface area contributed by atoms with Gasteiger partial charge in [0, 0.05) is 18.9 Å². The molecule has 1 atom stereocenters.